The minimum atomic E-state index is 1.14. The number of hydrogen-bond donors (Lipinski definition) is 0. The van der Waals surface area contributed by atoms with Gasteiger partial charge in [-0.3, -0.25) is 0 Å². The summed E-state index contributed by atoms with van der Waals surface area (Å²) in [6.45, 7) is 4.39. The van der Waals surface area contributed by atoms with Gasteiger partial charge in [0.05, 0.1) is 11.0 Å². The Morgan fingerprint density at radius 2 is 1.08 bits per heavy atom. The van der Waals surface area contributed by atoms with Crippen LogP contribution < -0.4 is 4.90 Å². The third-order valence-electron chi connectivity index (χ3n) is 10.6. The third kappa shape index (κ3) is 5.32. The Balaban J connectivity index is 1.17. The number of hydrogen-bond acceptors (Lipinski definition) is 2. The van der Waals surface area contributed by atoms with Crippen LogP contribution in [0.5, 0.6) is 0 Å². The number of para-hydroxylation sites is 2. The fourth-order valence-corrected chi connectivity index (χ4v) is 9.31. The molecule has 8 aromatic carbocycles. The zero-order valence-electron chi connectivity index (χ0n) is 29.6. The molecule has 0 aliphatic rings. The first kappa shape index (κ1) is 31.3. The van der Waals surface area contributed by atoms with Crippen molar-refractivity contribution >= 4 is 70.4 Å². The lowest BCUT2D eigenvalue weighted by Crippen LogP contribution is -2.10. The molecule has 0 saturated carbocycles. The highest BCUT2D eigenvalue weighted by atomic mass is 32.1. The summed E-state index contributed by atoms with van der Waals surface area (Å²) >= 11 is 1.88. The molecule has 252 valence electrons. The number of aryl methyl sites for hydroxylation is 2. The Kier molecular flexibility index (Phi) is 7.48. The van der Waals surface area contributed by atoms with Crippen molar-refractivity contribution in [2.45, 2.75) is 13.8 Å². The van der Waals surface area contributed by atoms with E-state index in [1.165, 1.54) is 75.4 Å². The maximum absolute atomic E-state index is 2.43. The molecular weight excluding hydrogens is 661 g/mol. The molecule has 0 unspecified atom stereocenters. The number of aromatic nitrogens is 1. The molecule has 53 heavy (non-hydrogen) atoms. The molecule has 0 radical (unpaired) electrons. The van der Waals surface area contributed by atoms with Gasteiger partial charge in [0, 0.05) is 59.3 Å². The molecule has 0 aliphatic heterocycles. The van der Waals surface area contributed by atoms with Crippen LogP contribution in [0, 0.1) is 13.8 Å². The van der Waals surface area contributed by atoms with Crippen molar-refractivity contribution in [2.24, 2.45) is 0 Å². The SMILES string of the molecule is Cc1cccc(N(c2ccc(-c3ccccc3)c(C)c2)c2cc(-c3ccc(-n4c5ccccc5c5ccccc54)cc3)c3sc4ccccc4c3c2)c1. The van der Waals surface area contributed by atoms with E-state index in [0.29, 0.717) is 0 Å². The standard InChI is InChI=1S/C50H36N2S/c1-33-13-12-16-38(29-33)51(39-27-28-41(34(2)30-39)35-14-4-3-5-15-35)40-31-45(50-46(32-40)44-19-8-11-22-49(44)53-50)36-23-25-37(26-24-36)52-47-20-9-6-17-42(47)43-18-7-10-21-48(43)52/h3-32H,1-2H3. The van der Waals surface area contributed by atoms with Gasteiger partial charge in [0.1, 0.15) is 0 Å². The molecule has 3 heteroatoms. The van der Waals surface area contributed by atoms with Crippen LogP contribution in [-0.4, -0.2) is 4.57 Å². The molecule has 0 atom stereocenters. The molecule has 0 saturated heterocycles. The second kappa shape index (κ2) is 12.7. The van der Waals surface area contributed by atoms with Crippen LogP contribution in [0.3, 0.4) is 0 Å². The van der Waals surface area contributed by atoms with E-state index in [1.54, 1.807) is 0 Å². The Bertz CT molecular complexity index is 2910. The van der Waals surface area contributed by atoms with E-state index in [9.17, 15) is 0 Å². The molecule has 0 aliphatic carbocycles. The minimum Gasteiger partial charge on any atom is -0.310 e. The van der Waals surface area contributed by atoms with Gasteiger partial charge < -0.3 is 9.47 Å². The van der Waals surface area contributed by atoms with Crippen LogP contribution in [0.2, 0.25) is 0 Å². The second-order valence-electron chi connectivity index (χ2n) is 13.9. The molecule has 2 nitrogen and oxygen atoms in total. The van der Waals surface area contributed by atoms with Gasteiger partial charge >= 0.3 is 0 Å². The monoisotopic (exact) mass is 696 g/mol. The summed E-state index contributed by atoms with van der Waals surface area (Å²) in [5.41, 5.74) is 14.4. The molecule has 0 fully saturated rings. The summed E-state index contributed by atoms with van der Waals surface area (Å²) in [4.78, 5) is 2.43. The van der Waals surface area contributed by atoms with Crippen LogP contribution in [0.25, 0.3) is 69.9 Å². The first-order valence-corrected chi connectivity index (χ1v) is 19.0. The number of fused-ring (bicyclic) bond motifs is 6. The van der Waals surface area contributed by atoms with Crippen molar-refractivity contribution in [1.29, 1.82) is 0 Å². The van der Waals surface area contributed by atoms with Crippen molar-refractivity contribution in [3.63, 3.8) is 0 Å². The maximum Gasteiger partial charge on any atom is 0.0541 e. The van der Waals surface area contributed by atoms with Gasteiger partial charge in [0.2, 0.25) is 0 Å². The summed E-state index contributed by atoms with van der Waals surface area (Å²) in [5, 5.41) is 5.11. The number of anilines is 3. The van der Waals surface area contributed by atoms with E-state index in [0.717, 1.165) is 22.7 Å². The fourth-order valence-electron chi connectivity index (χ4n) is 8.09. The highest BCUT2D eigenvalue weighted by Gasteiger charge is 2.20. The first-order valence-electron chi connectivity index (χ1n) is 18.2. The van der Waals surface area contributed by atoms with E-state index >= 15 is 0 Å². The van der Waals surface area contributed by atoms with Crippen LogP contribution in [-0.2, 0) is 0 Å². The molecule has 0 N–H and O–H groups in total. The molecule has 10 aromatic rings. The van der Waals surface area contributed by atoms with Gasteiger partial charge in [-0.05, 0) is 108 Å². The number of thiophene rings is 1. The van der Waals surface area contributed by atoms with Gasteiger partial charge in [0.15, 0.2) is 0 Å². The zero-order chi connectivity index (χ0) is 35.5. The van der Waals surface area contributed by atoms with Crippen molar-refractivity contribution in [3.8, 4) is 27.9 Å². The van der Waals surface area contributed by atoms with Crippen molar-refractivity contribution in [3.05, 3.63) is 193 Å². The summed E-state index contributed by atoms with van der Waals surface area (Å²) in [7, 11) is 0. The van der Waals surface area contributed by atoms with Crippen LogP contribution >= 0.6 is 11.3 Å². The average Bonchev–Trinajstić information content (AvgIpc) is 3.74. The van der Waals surface area contributed by atoms with Gasteiger partial charge in [-0.15, -0.1) is 11.3 Å². The molecule has 2 heterocycles. The average molecular weight is 697 g/mol. The molecule has 0 amide bonds. The minimum absolute atomic E-state index is 1.14. The molecule has 0 spiro atoms. The molecule has 0 bridgehead atoms. The maximum atomic E-state index is 2.43. The van der Waals surface area contributed by atoms with E-state index in [2.05, 4.69) is 205 Å². The summed E-state index contributed by atoms with van der Waals surface area (Å²) in [6, 6.07) is 66.6. The number of nitrogens with zero attached hydrogens (tertiary/aromatic N) is 2. The largest absolute Gasteiger partial charge is 0.310 e. The van der Waals surface area contributed by atoms with Crippen molar-refractivity contribution in [2.75, 3.05) is 4.90 Å². The summed E-state index contributed by atoms with van der Waals surface area (Å²) in [5.74, 6) is 0. The number of benzene rings is 8. The summed E-state index contributed by atoms with van der Waals surface area (Å²) in [6.07, 6.45) is 0. The van der Waals surface area contributed by atoms with Crippen LogP contribution in [0.4, 0.5) is 17.1 Å². The lowest BCUT2D eigenvalue weighted by Gasteiger charge is -2.27. The van der Waals surface area contributed by atoms with Crippen LogP contribution in [0.15, 0.2) is 182 Å². The quantitative estimate of drug-likeness (QED) is 0.168. The lowest BCUT2D eigenvalue weighted by molar-refractivity contribution is 1.18. The Morgan fingerprint density at radius 3 is 1.79 bits per heavy atom. The second-order valence-corrected chi connectivity index (χ2v) is 15.0. The van der Waals surface area contributed by atoms with E-state index < -0.39 is 0 Å². The van der Waals surface area contributed by atoms with Gasteiger partial charge in [-0.2, -0.15) is 0 Å². The van der Waals surface area contributed by atoms with Gasteiger partial charge in [-0.25, -0.2) is 0 Å². The van der Waals surface area contributed by atoms with E-state index in [4.69, 9.17) is 0 Å². The number of rotatable bonds is 6. The Morgan fingerprint density at radius 1 is 0.434 bits per heavy atom. The highest BCUT2D eigenvalue weighted by molar-refractivity contribution is 7.26. The van der Waals surface area contributed by atoms with Crippen LogP contribution in [0.1, 0.15) is 11.1 Å². The van der Waals surface area contributed by atoms with Crippen molar-refractivity contribution < 1.29 is 0 Å². The van der Waals surface area contributed by atoms with E-state index in [-0.39, 0.29) is 0 Å². The third-order valence-corrected chi connectivity index (χ3v) is 11.8. The fraction of sp³-hybridized carbons (Fsp3) is 0.0400. The van der Waals surface area contributed by atoms with Gasteiger partial charge in [0.25, 0.3) is 0 Å². The predicted octanol–water partition coefficient (Wildman–Crippen LogP) is 14.6. The zero-order valence-corrected chi connectivity index (χ0v) is 30.4. The smallest absolute Gasteiger partial charge is 0.0541 e. The van der Waals surface area contributed by atoms with Gasteiger partial charge in [-0.1, -0.05) is 115 Å². The Hall–Kier alpha value is -6.42. The molecule has 10 rings (SSSR count). The first-order chi connectivity index (χ1) is 26.1. The topological polar surface area (TPSA) is 8.17 Å². The molecule has 2 aromatic heterocycles. The Labute approximate surface area is 313 Å². The predicted molar refractivity (Wildman–Crippen MR) is 229 cm³/mol. The highest BCUT2D eigenvalue weighted by Crippen LogP contribution is 2.46. The normalized spacial score (nSPS) is 11.6. The summed E-state index contributed by atoms with van der Waals surface area (Å²) < 4.78 is 4.99. The lowest BCUT2D eigenvalue weighted by atomic mass is 9.98. The molecular formula is C50H36N2S. The van der Waals surface area contributed by atoms with Crippen molar-refractivity contribution in [1.82, 2.24) is 4.57 Å². The van der Waals surface area contributed by atoms with E-state index in [1.807, 2.05) is 11.3 Å².